The lowest BCUT2D eigenvalue weighted by molar-refractivity contribution is 0.175. The molecule has 0 saturated carbocycles. The molecule has 4 heteroatoms. The fourth-order valence-corrected chi connectivity index (χ4v) is 2.18. The van der Waals surface area contributed by atoms with E-state index in [1.807, 2.05) is 49.0 Å². The Hall–Kier alpha value is -1.81. The highest BCUT2D eigenvalue weighted by Gasteiger charge is 2.12. The Balaban J connectivity index is 2.01. The molecule has 1 aromatic carbocycles. The summed E-state index contributed by atoms with van der Waals surface area (Å²) in [7, 11) is 1.90. The molecule has 20 heavy (non-hydrogen) atoms. The van der Waals surface area contributed by atoms with Crippen LogP contribution >= 0.6 is 0 Å². The second-order valence-electron chi connectivity index (χ2n) is 5.04. The molecule has 4 nitrogen and oxygen atoms in total. The molecular weight excluding hydrogens is 252 g/mol. The zero-order valence-corrected chi connectivity index (χ0v) is 12.3. The second kappa shape index (κ2) is 6.57. The van der Waals surface area contributed by atoms with E-state index >= 15 is 0 Å². The Morgan fingerprint density at radius 3 is 2.55 bits per heavy atom. The van der Waals surface area contributed by atoms with Gasteiger partial charge < -0.3 is 9.84 Å². The normalized spacial score (nSPS) is 12.4. The second-order valence-corrected chi connectivity index (χ2v) is 5.04. The molecule has 1 atom stereocenters. The molecular formula is C16H22N2O2. The molecule has 0 bridgehead atoms. The van der Waals surface area contributed by atoms with Gasteiger partial charge in [0, 0.05) is 19.2 Å². The minimum atomic E-state index is -0.523. The van der Waals surface area contributed by atoms with E-state index in [9.17, 15) is 5.11 Å². The SMILES string of the molecule is CCCOc1ccc(C(O)Cc2cc(C)nn2C)cc1. The lowest BCUT2D eigenvalue weighted by atomic mass is 10.0. The number of aliphatic hydroxyl groups excluding tert-OH is 1. The summed E-state index contributed by atoms with van der Waals surface area (Å²) in [5.74, 6) is 0.846. The molecule has 0 aliphatic rings. The first-order chi connectivity index (χ1) is 9.60. The monoisotopic (exact) mass is 274 g/mol. The molecule has 2 rings (SSSR count). The van der Waals surface area contributed by atoms with Crippen molar-refractivity contribution in [2.24, 2.45) is 7.05 Å². The largest absolute Gasteiger partial charge is 0.494 e. The van der Waals surface area contributed by atoms with E-state index in [4.69, 9.17) is 4.74 Å². The standard InChI is InChI=1S/C16H22N2O2/c1-4-9-20-15-7-5-13(6-8-15)16(19)11-14-10-12(2)17-18(14)3/h5-8,10,16,19H,4,9,11H2,1-3H3. The van der Waals surface area contributed by atoms with Gasteiger partial charge in [0.25, 0.3) is 0 Å². The molecule has 108 valence electrons. The number of rotatable bonds is 6. The van der Waals surface area contributed by atoms with Gasteiger partial charge in [0.2, 0.25) is 0 Å². The van der Waals surface area contributed by atoms with E-state index in [1.165, 1.54) is 0 Å². The highest BCUT2D eigenvalue weighted by atomic mass is 16.5. The fraction of sp³-hybridized carbons (Fsp3) is 0.438. The number of benzene rings is 1. The van der Waals surface area contributed by atoms with Gasteiger partial charge in [0.15, 0.2) is 0 Å². The Kier molecular flexibility index (Phi) is 4.79. The van der Waals surface area contributed by atoms with E-state index < -0.39 is 6.10 Å². The van der Waals surface area contributed by atoms with Crippen LogP contribution in [0.15, 0.2) is 30.3 Å². The third kappa shape index (κ3) is 3.61. The van der Waals surface area contributed by atoms with Crippen LogP contribution in [0.1, 0.15) is 36.4 Å². The highest BCUT2D eigenvalue weighted by Crippen LogP contribution is 2.21. The van der Waals surface area contributed by atoms with Crippen molar-refractivity contribution in [1.82, 2.24) is 9.78 Å². The zero-order chi connectivity index (χ0) is 14.5. The fourth-order valence-electron chi connectivity index (χ4n) is 2.18. The summed E-state index contributed by atoms with van der Waals surface area (Å²) in [6.07, 6.45) is 1.03. The van der Waals surface area contributed by atoms with Crippen molar-refractivity contribution in [2.75, 3.05) is 6.61 Å². The number of aliphatic hydroxyl groups is 1. The minimum Gasteiger partial charge on any atom is -0.494 e. The van der Waals surface area contributed by atoms with E-state index in [-0.39, 0.29) is 0 Å². The molecule has 0 aliphatic carbocycles. The molecule has 0 radical (unpaired) electrons. The first-order valence-corrected chi connectivity index (χ1v) is 7.00. The Labute approximate surface area is 120 Å². The Bertz CT molecular complexity index is 546. The quantitative estimate of drug-likeness (QED) is 0.881. The summed E-state index contributed by atoms with van der Waals surface area (Å²) < 4.78 is 7.35. The average Bonchev–Trinajstić information content (AvgIpc) is 2.75. The van der Waals surface area contributed by atoms with Crippen molar-refractivity contribution in [3.05, 3.63) is 47.3 Å². The molecule has 0 spiro atoms. The lowest BCUT2D eigenvalue weighted by Crippen LogP contribution is -2.06. The molecule has 1 aromatic heterocycles. The van der Waals surface area contributed by atoms with Gasteiger partial charge in [-0.15, -0.1) is 0 Å². The smallest absolute Gasteiger partial charge is 0.119 e. The average molecular weight is 274 g/mol. The third-order valence-electron chi connectivity index (χ3n) is 3.24. The molecule has 0 fully saturated rings. The number of aryl methyl sites for hydroxylation is 2. The van der Waals surface area contributed by atoms with Crippen LogP contribution in [0.4, 0.5) is 0 Å². The number of nitrogens with zero attached hydrogens (tertiary/aromatic N) is 2. The molecule has 2 aromatic rings. The summed E-state index contributed by atoms with van der Waals surface area (Å²) in [6, 6.07) is 9.64. The molecule has 0 saturated heterocycles. The number of ether oxygens (including phenoxy) is 1. The Morgan fingerprint density at radius 1 is 1.30 bits per heavy atom. The maximum Gasteiger partial charge on any atom is 0.119 e. The predicted octanol–water partition coefficient (Wildman–Crippen LogP) is 2.79. The van der Waals surface area contributed by atoms with Gasteiger partial charge in [0.1, 0.15) is 5.75 Å². The van der Waals surface area contributed by atoms with Crippen LogP contribution in [0.5, 0.6) is 5.75 Å². The van der Waals surface area contributed by atoms with Crippen LogP contribution in [0.2, 0.25) is 0 Å². The highest BCUT2D eigenvalue weighted by molar-refractivity contribution is 5.29. The van der Waals surface area contributed by atoms with Crippen molar-refractivity contribution in [3.63, 3.8) is 0 Å². The van der Waals surface area contributed by atoms with E-state index in [0.717, 1.165) is 35.7 Å². The minimum absolute atomic E-state index is 0.523. The maximum atomic E-state index is 10.3. The number of hydrogen-bond donors (Lipinski definition) is 1. The topological polar surface area (TPSA) is 47.3 Å². The number of aromatic nitrogens is 2. The van der Waals surface area contributed by atoms with E-state index in [0.29, 0.717) is 6.42 Å². The summed E-state index contributed by atoms with van der Waals surface area (Å²) >= 11 is 0. The molecule has 1 heterocycles. The zero-order valence-electron chi connectivity index (χ0n) is 12.3. The van der Waals surface area contributed by atoms with Gasteiger partial charge in [-0.05, 0) is 37.1 Å². The van der Waals surface area contributed by atoms with Gasteiger partial charge in [-0.25, -0.2) is 0 Å². The number of hydrogen-bond acceptors (Lipinski definition) is 3. The van der Waals surface area contributed by atoms with Gasteiger partial charge in [-0.1, -0.05) is 19.1 Å². The first-order valence-electron chi connectivity index (χ1n) is 7.00. The molecule has 0 amide bonds. The van der Waals surface area contributed by atoms with Crippen LogP contribution in [0, 0.1) is 6.92 Å². The van der Waals surface area contributed by atoms with E-state index in [1.54, 1.807) is 0 Å². The maximum absolute atomic E-state index is 10.3. The van der Waals surface area contributed by atoms with Crippen molar-refractivity contribution >= 4 is 0 Å². The van der Waals surface area contributed by atoms with Gasteiger partial charge >= 0.3 is 0 Å². The summed E-state index contributed by atoms with van der Waals surface area (Å²) in [5.41, 5.74) is 2.90. The molecule has 0 aliphatic heterocycles. The van der Waals surface area contributed by atoms with Crippen molar-refractivity contribution in [3.8, 4) is 5.75 Å². The lowest BCUT2D eigenvalue weighted by Gasteiger charge is -2.12. The Morgan fingerprint density at radius 2 is 2.00 bits per heavy atom. The summed E-state index contributed by atoms with van der Waals surface area (Å²) in [5, 5.41) is 14.6. The van der Waals surface area contributed by atoms with Crippen LogP contribution in [0.25, 0.3) is 0 Å². The van der Waals surface area contributed by atoms with Crippen molar-refractivity contribution in [1.29, 1.82) is 0 Å². The summed E-state index contributed by atoms with van der Waals surface area (Å²) in [4.78, 5) is 0. The van der Waals surface area contributed by atoms with Crippen LogP contribution in [-0.2, 0) is 13.5 Å². The van der Waals surface area contributed by atoms with Crippen LogP contribution in [0.3, 0.4) is 0 Å². The van der Waals surface area contributed by atoms with Gasteiger partial charge in [0.05, 0.1) is 18.4 Å². The molecule has 1 N–H and O–H groups in total. The first kappa shape index (κ1) is 14.6. The van der Waals surface area contributed by atoms with E-state index in [2.05, 4.69) is 12.0 Å². The third-order valence-corrected chi connectivity index (χ3v) is 3.24. The molecule has 1 unspecified atom stereocenters. The van der Waals surface area contributed by atoms with Gasteiger partial charge in [-0.3, -0.25) is 4.68 Å². The van der Waals surface area contributed by atoms with Crippen LogP contribution < -0.4 is 4.74 Å². The predicted molar refractivity (Wildman–Crippen MR) is 78.8 cm³/mol. The van der Waals surface area contributed by atoms with Crippen molar-refractivity contribution < 1.29 is 9.84 Å². The van der Waals surface area contributed by atoms with Crippen molar-refractivity contribution in [2.45, 2.75) is 32.8 Å². The van der Waals surface area contributed by atoms with Crippen LogP contribution in [-0.4, -0.2) is 21.5 Å². The van der Waals surface area contributed by atoms with Gasteiger partial charge in [-0.2, -0.15) is 5.10 Å². The summed E-state index contributed by atoms with van der Waals surface area (Å²) in [6.45, 7) is 4.75.